The maximum atomic E-state index is 11.0. The fraction of sp³-hybridized carbons (Fsp3) is 0.158. The number of hydrogen-bond donors (Lipinski definition) is 1. The molecule has 5 heteroatoms. The molecule has 0 atom stereocenters. The predicted octanol–water partition coefficient (Wildman–Crippen LogP) is 4.73. The van der Waals surface area contributed by atoms with Gasteiger partial charge in [0.1, 0.15) is 12.4 Å². The Balaban J connectivity index is 1.78. The first-order valence-corrected chi connectivity index (χ1v) is 7.96. The van der Waals surface area contributed by atoms with Crippen LogP contribution in [0.5, 0.6) is 5.75 Å². The van der Waals surface area contributed by atoms with Crippen molar-refractivity contribution in [2.24, 2.45) is 0 Å². The highest BCUT2D eigenvalue weighted by atomic mass is 35.5. The van der Waals surface area contributed by atoms with Crippen LogP contribution in [0.1, 0.15) is 18.2 Å². The number of carbonyl (C=O) groups excluding carboxylic acids is 1. The molecule has 0 saturated carbocycles. The van der Waals surface area contributed by atoms with E-state index in [4.69, 9.17) is 16.3 Å². The zero-order valence-electron chi connectivity index (χ0n) is 13.5. The molecule has 0 radical (unpaired) electrons. The molecule has 0 aliphatic rings. The number of carbonyl (C=O) groups is 1. The molecule has 0 aliphatic carbocycles. The molecule has 3 aromatic rings. The number of halogens is 1. The summed E-state index contributed by atoms with van der Waals surface area (Å²) in [6, 6.07) is 15.1. The average molecular weight is 341 g/mol. The zero-order valence-corrected chi connectivity index (χ0v) is 14.2. The summed E-state index contributed by atoms with van der Waals surface area (Å²) in [6.45, 7) is 3.74. The smallest absolute Gasteiger partial charge is 0.221 e. The summed E-state index contributed by atoms with van der Waals surface area (Å²) in [7, 11) is 0. The van der Waals surface area contributed by atoms with Crippen LogP contribution in [0, 0.1) is 6.92 Å². The van der Waals surface area contributed by atoms with E-state index in [1.807, 2.05) is 31.2 Å². The molecule has 0 saturated heterocycles. The van der Waals surface area contributed by atoms with Gasteiger partial charge in [0.05, 0.1) is 16.2 Å². The second kappa shape index (κ2) is 6.89. The van der Waals surface area contributed by atoms with E-state index in [-0.39, 0.29) is 12.5 Å². The Hall–Kier alpha value is -2.59. The van der Waals surface area contributed by atoms with Crippen LogP contribution in [0.15, 0.2) is 48.5 Å². The number of para-hydroxylation sites is 1. The van der Waals surface area contributed by atoms with Gasteiger partial charge in [-0.15, -0.1) is 0 Å². The maximum absolute atomic E-state index is 11.0. The van der Waals surface area contributed by atoms with Crippen LogP contribution in [0.3, 0.4) is 0 Å². The van der Waals surface area contributed by atoms with Crippen LogP contribution in [0.25, 0.3) is 10.9 Å². The normalized spacial score (nSPS) is 10.6. The van der Waals surface area contributed by atoms with Crippen LogP contribution >= 0.6 is 11.6 Å². The second-order valence-corrected chi connectivity index (χ2v) is 5.89. The van der Waals surface area contributed by atoms with Gasteiger partial charge in [0, 0.05) is 18.0 Å². The third kappa shape index (κ3) is 3.49. The Labute approximate surface area is 145 Å². The minimum atomic E-state index is -0.105. The van der Waals surface area contributed by atoms with E-state index in [0.717, 1.165) is 22.2 Å². The monoisotopic (exact) mass is 340 g/mol. The Morgan fingerprint density at radius 1 is 1.17 bits per heavy atom. The molecular weight excluding hydrogens is 324 g/mol. The van der Waals surface area contributed by atoms with E-state index in [0.29, 0.717) is 16.5 Å². The van der Waals surface area contributed by atoms with Gasteiger partial charge < -0.3 is 10.1 Å². The van der Waals surface area contributed by atoms with Crippen LogP contribution in [0.4, 0.5) is 5.69 Å². The maximum Gasteiger partial charge on any atom is 0.221 e. The van der Waals surface area contributed by atoms with Crippen LogP contribution in [0.2, 0.25) is 5.02 Å². The molecule has 24 heavy (non-hydrogen) atoms. The van der Waals surface area contributed by atoms with Crippen molar-refractivity contribution >= 4 is 34.1 Å². The van der Waals surface area contributed by atoms with Gasteiger partial charge in [-0.2, -0.15) is 0 Å². The number of nitrogens with zero attached hydrogens (tertiary/aromatic N) is 1. The summed E-state index contributed by atoms with van der Waals surface area (Å²) in [5.74, 6) is 0.582. The number of rotatable bonds is 4. The molecular formula is C19H17ClN2O2. The predicted molar refractivity (Wildman–Crippen MR) is 96.6 cm³/mol. The molecule has 122 valence electrons. The highest BCUT2D eigenvalue weighted by molar-refractivity contribution is 6.32. The van der Waals surface area contributed by atoms with Gasteiger partial charge in [-0.25, -0.2) is 4.98 Å². The van der Waals surface area contributed by atoms with Crippen molar-refractivity contribution in [1.82, 2.24) is 4.98 Å². The molecule has 1 heterocycles. The molecule has 3 rings (SSSR count). The summed E-state index contributed by atoms with van der Waals surface area (Å²) in [5.41, 5.74) is 3.34. The lowest BCUT2D eigenvalue weighted by atomic mass is 10.1. The molecule has 0 unspecified atom stereocenters. The fourth-order valence-corrected chi connectivity index (χ4v) is 2.70. The van der Waals surface area contributed by atoms with Gasteiger partial charge in [0.25, 0.3) is 0 Å². The topological polar surface area (TPSA) is 51.2 Å². The summed E-state index contributed by atoms with van der Waals surface area (Å²) < 4.78 is 5.78. The van der Waals surface area contributed by atoms with E-state index < -0.39 is 0 Å². The van der Waals surface area contributed by atoms with E-state index in [1.165, 1.54) is 6.92 Å². The average Bonchev–Trinajstić information content (AvgIpc) is 2.58. The standard InChI is InChI=1S/C19H17ClN2O2/c1-12-16-5-3-4-6-17(16)22-18(19(12)20)11-24-15-9-7-14(8-10-15)21-13(2)23/h3-10H,11H2,1-2H3,(H,21,23). The molecule has 4 nitrogen and oxygen atoms in total. The first-order valence-electron chi connectivity index (χ1n) is 7.59. The number of ether oxygens (including phenoxy) is 1. The highest BCUT2D eigenvalue weighted by Gasteiger charge is 2.10. The zero-order chi connectivity index (χ0) is 17.1. The molecule has 0 spiro atoms. The number of anilines is 1. The summed E-state index contributed by atoms with van der Waals surface area (Å²) in [6.07, 6.45) is 0. The van der Waals surface area contributed by atoms with Gasteiger partial charge in [0.15, 0.2) is 0 Å². The van der Waals surface area contributed by atoms with E-state index in [1.54, 1.807) is 24.3 Å². The highest BCUT2D eigenvalue weighted by Crippen LogP contribution is 2.27. The van der Waals surface area contributed by atoms with Crippen molar-refractivity contribution in [1.29, 1.82) is 0 Å². The molecule has 1 N–H and O–H groups in total. The number of aryl methyl sites for hydroxylation is 1. The molecule has 2 aromatic carbocycles. The van der Waals surface area contributed by atoms with Gasteiger partial charge in [-0.1, -0.05) is 29.8 Å². The molecule has 0 aliphatic heterocycles. The lowest BCUT2D eigenvalue weighted by Crippen LogP contribution is -2.05. The lowest BCUT2D eigenvalue weighted by Gasteiger charge is -2.11. The summed E-state index contributed by atoms with van der Waals surface area (Å²) in [4.78, 5) is 15.6. The summed E-state index contributed by atoms with van der Waals surface area (Å²) in [5, 5.41) is 4.39. The minimum absolute atomic E-state index is 0.105. The Kier molecular flexibility index (Phi) is 4.67. The number of fused-ring (bicyclic) bond motifs is 1. The number of aromatic nitrogens is 1. The number of benzene rings is 2. The van der Waals surface area contributed by atoms with Crippen molar-refractivity contribution in [2.75, 3.05) is 5.32 Å². The lowest BCUT2D eigenvalue weighted by molar-refractivity contribution is -0.114. The van der Waals surface area contributed by atoms with Gasteiger partial charge >= 0.3 is 0 Å². The third-order valence-corrected chi connectivity index (χ3v) is 4.20. The first kappa shape index (κ1) is 16.3. The molecule has 1 amide bonds. The van der Waals surface area contributed by atoms with Crippen molar-refractivity contribution in [3.05, 3.63) is 64.8 Å². The van der Waals surface area contributed by atoms with Crippen molar-refractivity contribution < 1.29 is 9.53 Å². The number of amides is 1. The van der Waals surface area contributed by atoms with E-state index >= 15 is 0 Å². The quantitative estimate of drug-likeness (QED) is 0.746. The van der Waals surface area contributed by atoms with Crippen LogP contribution < -0.4 is 10.1 Å². The van der Waals surface area contributed by atoms with Crippen LogP contribution in [-0.4, -0.2) is 10.9 Å². The van der Waals surface area contributed by atoms with Crippen molar-refractivity contribution in [3.63, 3.8) is 0 Å². The largest absolute Gasteiger partial charge is 0.487 e. The number of hydrogen-bond acceptors (Lipinski definition) is 3. The number of nitrogens with one attached hydrogen (secondary N) is 1. The SMILES string of the molecule is CC(=O)Nc1ccc(OCc2nc3ccccc3c(C)c2Cl)cc1. The Morgan fingerprint density at radius 3 is 2.58 bits per heavy atom. The Morgan fingerprint density at radius 2 is 1.88 bits per heavy atom. The first-order chi connectivity index (χ1) is 11.5. The van der Waals surface area contributed by atoms with E-state index in [9.17, 15) is 4.79 Å². The third-order valence-electron chi connectivity index (χ3n) is 3.70. The van der Waals surface area contributed by atoms with Crippen molar-refractivity contribution in [2.45, 2.75) is 20.5 Å². The van der Waals surface area contributed by atoms with Crippen LogP contribution in [-0.2, 0) is 11.4 Å². The molecule has 0 bridgehead atoms. The van der Waals surface area contributed by atoms with Gasteiger partial charge in [0.2, 0.25) is 5.91 Å². The van der Waals surface area contributed by atoms with Gasteiger partial charge in [-0.05, 0) is 42.8 Å². The van der Waals surface area contributed by atoms with E-state index in [2.05, 4.69) is 10.3 Å². The molecule has 0 fully saturated rings. The fourth-order valence-electron chi connectivity index (χ4n) is 2.50. The second-order valence-electron chi connectivity index (χ2n) is 5.51. The Bertz CT molecular complexity index is 892. The molecule has 1 aromatic heterocycles. The van der Waals surface area contributed by atoms with Gasteiger partial charge in [-0.3, -0.25) is 4.79 Å². The number of pyridine rings is 1. The summed E-state index contributed by atoms with van der Waals surface area (Å²) >= 11 is 6.43. The van der Waals surface area contributed by atoms with Crippen molar-refractivity contribution in [3.8, 4) is 5.75 Å². The minimum Gasteiger partial charge on any atom is -0.487 e.